The van der Waals surface area contributed by atoms with Crippen LogP contribution in [0.1, 0.15) is 19.4 Å². The van der Waals surface area contributed by atoms with Gasteiger partial charge in [0.15, 0.2) is 0 Å². The lowest BCUT2D eigenvalue weighted by Gasteiger charge is -2.36. The zero-order chi connectivity index (χ0) is 28.7. The van der Waals surface area contributed by atoms with Crippen molar-refractivity contribution in [2.45, 2.75) is 39.2 Å². The molecule has 11 nitrogen and oxygen atoms in total. The summed E-state index contributed by atoms with van der Waals surface area (Å²) in [6, 6.07) is 10.3. The highest BCUT2D eigenvalue weighted by Gasteiger charge is 2.31. The fraction of sp³-hybridized carbons (Fsp3) is 0.462. The van der Waals surface area contributed by atoms with Gasteiger partial charge in [-0.05, 0) is 53.8 Å². The van der Waals surface area contributed by atoms with Crippen molar-refractivity contribution in [2.24, 2.45) is 0 Å². The molecule has 216 valence electrons. The summed E-state index contributed by atoms with van der Waals surface area (Å²) in [4.78, 5) is 23.1. The summed E-state index contributed by atoms with van der Waals surface area (Å²) in [6.07, 6.45) is -0.690. The highest BCUT2D eigenvalue weighted by molar-refractivity contribution is 5.51. The van der Waals surface area contributed by atoms with Gasteiger partial charge in [-0.1, -0.05) is 19.9 Å². The van der Waals surface area contributed by atoms with Crippen molar-refractivity contribution in [2.75, 3.05) is 49.1 Å². The van der Waals surface area contributed by atoms with Crippen molar-refractivity contribution in [3.05, 3.63) is 64.5 Å². The Labute approximate surface area is 229 Å². The molecule has 1 atom stereocenters. The highest BCUT2D eigenvalue weighted by atomic mass is 19.4. The van der Waals surface area contributed by atoms with Crippen LogP contribution in [0.3, 0.4) is 0 Å². The number of halogens is 3. The van der Waals surface area contributed by atoms with E-state index in [0.29, 0.717) is 19.7 Å². The summed E-state index contributed by atoms with van der Waals surface area (Å²) in [5, 5.41) is 14.3. The van der Waals surface area contributed by atoms with Crippen LogP contribution in [0.15, 0.2) is 48.8 Å². The van der Waals surface area contributed by atoms with Gasteiger partial charge < -0.3 is 34.7 Å². The maximum Gasteiger partial charge on any atom is 0.573 e. The van der Waals surface area contributed by atoms with Gasteiger partial charge >= 0.3 is 18.2 Å². The Morgan fingerprint density at radius 3 is 2.42 bits per heavy atom. The minimum absolute atomic E-state index is 0.0215. The molecule has 1 N–H and O–H groups in total. The van der Waals surface area contributed by atoms with Crippen molar-refractivity contribution in [1.82, 2.24) is 19.9 Å². The highest BCUT2D eigenvalue weighted by Crippen LogP contribution is 2.26. The first kappa shape index (κ1) is 28.9. The van der Waals surface area contributed by atoms with E-state index in [2.05, 4.69) is 29.8 Å². The molecule has 0 saturated carbocycles. The number of ether oxygens (including phenoxy) is 2. The van der Waals surface area contributed by atoms with Crippen LogP contribution >= 0.6 is 0 Å². The lowest BCUT2D eigenvalue weighted by molar-refractivity contribution is -0.389. The Balaban J connectivity index is 0.00000181. The molecule has 1 aromatic carbocycles. The van der Waals surface area contributed by atoms with Crippen LogP contribution < -0.4 is 24.6 Å². The molecule has 1 fully saturated rings. The molecule has 0 spiro atoms. The number of benzene rings is 1. The number of rotatable bonds is 8. The lowest BCUT2D eigenvalue weighted by Crippen LogP contribution is -2.46. The number of alkyl halides is 3. The first-order valence-corrected chi connectivity index (χ1v) is 13.1. The van der Waals surface area contributed by atoms with Crippen molar-refractivity contribution in [3.63, 3.8) is 0 Å². The molecule has 2 aliphatic rings. The summed E-state index contributed by atoms with van der Waals surface area (Å²) >= 11 is 0. The van der Waals surface area contributed by atoms with E-state index in [1.165, 1.54) is 18.3 Å². The lowest BCUT2D eigenvalue weighted by atomic mass is 10.2. The van der Waals surface area contributed by atoms with Crippen molar-refractivity contribution in [3.8, 4) is 11.8 Å². The van der Waals surface area contributed by atoms with Crippen LogP contribution in [-0.2, 0) is 13.0 Å². The third-order valence-electron chi connectivity index (χ3n) is 6.44. The molecule has 40 heavy (non-hydrogen) atoms. The summed E-state index contributed by atoms with van der Waals surface area (Å²) in [7, 11) is 0. The zero-order valence-electron chi connectivity index (χ0n) is 22.3. The number of piperazine rings is 1. The van der Waals surface area contributed by atoms with E-state index in [1.54, 1.807) is 16.7 Å². The number of hydrogen-bond acceptors (Lipinski definition) is 9. The molecule has 1 saturated heterocycles. The van der Waals surface area contributed by atoms with Crippen LogP contribution in [0.5, 0.6) is 11.8 Å². The van der Waals surface area contributed by atoms with Crippen LogP contribution in [0.25, 0.3) is 0 Å². The number of fused-ring (bicyclic) bond motifs is 1. The summed E-state index contributed by atoms with van der Waals surface area (Å²) in [5.41, 5.74) is 1.93. The van der Waals surface area contributed by atoms with E-state index in [4.69, 9.17) is 4.74 Å². The normalized spacial score (nSPS) is 16.9. The number of nitrogens with one attached hydrogen (secondary N) is 1. The van der Waals surface area contributed by atoms with Gasteiger partial charge in [-0.15, -0.1) is 13.2 Å². The van der Waals surface area contributed by atoms with Gasteiger partial charge in [-0.3, -0.25) is 4.57 Å². The fourth-order valence-electron chi connectivity index (χ4n) is 4.53. The third kappa shape index (κ3) is 7.52. The minimum atomic E-state index is -4.70. The SMILES string of the molecule is CC.O=[N+]([O-])c1cn2c(n1)OCC(NCCc1ccc(N3CCN(c4ccc(OC(F)(F)F)cc4)CC3)nc1)C2. The van der Waals surface area contributed by atoms with Crippen molar-refractivity contribution < 1.29 is 27.6 Å². The number of hydrogen-bond donors (Lipinski definition) is 1. The van der Waals surface area contributed by atoms with Crippen LogP contribution in [-0.4, -0.2) is 71.2 Å². The standard InChI is InChI=1S/C24H26F3N7O4.C2H6/c25-24(26,27)38-20-4-2-19(3-5-20)31-9-11-32(12-10-31)21-6-1-17(13-29-21)7-8-28-18-14-33-15-22(34(35)36)30-23(33)37-16-18;1-2/h1-6,13,15,18,28H,7-12,14,16H2;1-2H3. The molecule has 0 radical (unpaired) electrons. The first-order valence-electron chi connectivity index (χ1n) is 13.1. The monoisotopic (exact) mass is 563 g/mol. The molecule has 0 amide bonds. The minimum Gasteiger partial charge on any atom is -0.444 e. The van der Waals surface area contributed by atoms with Gasteiger partial charge in [-0.2, -0.15) is 0 Å². The van der Waals surface area contributed by atoms with E-state index in [0.717, 1.165) is 49.7 Å². The number of anilines is 2. The average Bonchev–Trinajstić information content (AvgIpc) is 3.38. The Kier molecular flexibility index (Phi) is 9.30. The second-order valence-corrected chi connectivity index (χ2v) is 9.04. The third-order valence-corrected chi connectivity index (χ3v) is 6.44. The molecule has 0 bridgehead atoms. The molecular weight excluding hydrogens is 531 g/mol. The van der Waals surface area contributed by atoms with E-state index >= 15 is 0 Å². The Morgan fingerprint density at radius 2 is 1.80 bits per heavy atom. The molecule has 2 aliphatic heterocycles. The Bertz CT molecular complexity index is 1240. The fourth-order valence-corrected chi connectivity index (χ4v) is 4.53. The predicted molar refractivity (Wildman–Crippen MR) is 143 cm³/mol. The first-order chi connectivity index (χ1) is 19.2. The van der Waals surface area contributed by atoms with Crippen LogP contribution in [0.2, 0.25) is 0 Å². The molecule has 14 heteroatoms. The van der Waals surface area contributed by atoms with Crippen LogP contribution in [0.4, 0.5) is 30.5 Å². The summed E-state index contributed by atoms with van der Waals surface area (Å²) in [5.74, 6) is 0.428. The molecular formula is C26H32F3N7O4. The van der Waals surface area contributed by atoms with Gasteiger partial charge in [0.2, 0.25) is 0 Å². The summed E-state index contributed by atoms with van der Waals surface area (Å²) < 4.78 is 48.2. The predicted octanol–water partition coefficient (Wildman–Crippen LogP) is 4.03. The van der Waals surface area contributed by atoms with Gasteiger partial charge in [0.05, 0.1) is 6.04 Å². The molecule has 1 unspecified atom stereocenters. The average molecular weight is 564 g/mol. The van der Waals surface area contributed by atoms with Gasteiger partial charge in [-0.25, -0.2) is 4.98 Å². The molecule has 3 aromatic rings. The Morgan fingerprint density at radius 1 is 1.10 bits per heavy atom. The second kappa shape index (κ2) is 12.9. The van der Waals surface area contributed by atoms with Crippen LogP contribution in [0, 0.1) is 10.1 Å². The topological polar surface area (TPSA) is 111 Å². The maximum absolute atomic E-state index is 12.4. The van der Waals surface area contributed by atoms with Gasteiger partial charge in [0.25, 0.3) is 0 Å². The number of nitrogens with zero attached hydrogens (tertiary/aromatic N) is 6. The largest absolute Gasteiger partial charge is 0.573 e. The number of imidazole rings is 1. The molecule has 2 aromatic heterocycles. The van der Waals surface area contributed by atoms with E-state index in [9.17, 15) is 23.3 Å². The molecule has 5 rings (SSSR count). The van der Waals surface area contributed by atoms with Gasteiger partial charge in [0.1, 0.15) is 24.4 Å². The number of aromatic nitrogens is 3. The number of pyridine rings is 1. The quantitative estimate of drug-likeness (QED) is 0.321. The maximum atomic E-state index is 12.4. The number of nitro groups is 1. The van der Waals surface area contributed by atoms with Gasteiger partial charge in [0, 0.05) is 49.6 Å². The smallest absolute Gasteiger partial charge is 0.444 e. The summed E-state index contributed by atoms with van der Waals surface area (Å²) in [6.45, 7) is 8.56. The Hall–Kier alpha value is -4.07. The second-order valence-electron chi connectivity index (χ2n) is 9.04. The van der Waals surface area contributed by atoms with Crippen molar-refractivity contribution in [1.29, 1.82) is 0 Å². The molecule has 0 aliphatic carbocycles. The van der Waals surface area contributed by atoms with E-state index < -0.39 is 11.3 Å². The molecule has 4 heterocycles. The van der Waals surface area contributed by atoms with E-state index in [1.807, 2.05) is 32.2 Å². The van der Waals surface area contributed by atoms with E-state index in [-0.39, 0.29) is 23.6 Å². The zero-order valence-corrected chi connectivity index (χ0v) is 22.3. The van der Waals surface area contributed by atoms with Crippen molar-refractivity contribution >= 4 is 17.3 Å².